The number of H-pyrrole nitrogens is 1. The third-order valence-corrected chi connectivity index (χ3v) is 3.91. The summed E-state index contributed by atoms with van der Waals surface area (Å²) in [7, 11) is 0. The molecule has 2 rings (SSSR count). The van der Waals surface area contributed by atoms with Gasteiger partial charge in [-0.15, -0.1) is 0 Å². The highest BCUT2D eigenvalue weighted by Gasteiger charge is 2.14. The lowest BCUT2D eigenvalue weighted by molar-refractivity contribution is 0.970. The molecular weight excluding hydrogens is 339 g/mol. The Labute approximate surface area is 122 Å². The van der Waals surface area contributed by atoms with Crippen LogP contribution in [0.1, 0.15) is 12.6 Å². The van der Waals surface area contributed by atoms with E-state index in [1.807, 2.05) is 6.92 Å². The van der Waals surface area contributed by atoms with E-state index in [0.717, 1.165) is 0 Å². The predicted molar refractivity (Wildman–Crippen MR) is 77.4 cm³/mol. The van der Waals surface area contributed by atoms with Crippen LogP contribution in [0.5, 0.6) is 0 Å². The summed E-state index contributed by atoms with van der Waals surface area (Å²) >= 11 is 15.4. The molecule has 18 heavy (non-hydrogen) atoms. The largest absolute Gasteiger partial charge is 0.305 e. The molecule has 1 heterocycles. The van der Waals surface area contributed by atoms with Gasteiger partial charge in [0.1, 0.15) is 10.3 Å². The number of aromatic nitrogens is 2. The Morgan fingerprint density at radius 1 is 1.33 bits per heavy atom. The van der Waals surface area contributed by atoms with Crippen LogP contribution in [0.4, 0.5) is 0 Å². The molecule has 0 unspecified atom stereocenters. The van der Waals surface area contributed by atoms with Gasteiger partial charge < -0.3 is 4.98 Å². The SMILES string of the molecule is CCc1nc(-c2c(Cl)cccc2Cl)[nH]c(=O)c1Br. The second kappa shape index (κ2) is 5.43. The number of benzene rings is 1. The molecule has 0 saturated carbocycles. The highest BCUT2D eigenvalue weighted by molar-refractivity contribution is 9.10. The normalized spacial score (nSPS) is 10.7. The molecule has 0 aliphatic rings. The molecule has 0 bridgehead atoms. The summed E-state index contributed by atoms with van der Waals surface area (Å²) in [5.41, 5.74) is 0.970. The summed E-state index contributed by atoms with van der Waals surface area (Å²) in [6.45, 7) is 1.92. The molecule has 3 nitrogen and oxygen atoms in total. The molecule has 0 fully saturated rings. The molecule has 0 atom stereocenters. The maximum absolute atomic E-state index is 11.8. The Balaban J connectivity index is 2.73. The molecule has 0 radical (unpaired) electrons. The highest BCUT2D eigenvalue weighted by Crippen LogP contribution is 2.32. The van der Waals surface area contributed by atoms with Crippen molar-refractivity contribution >= 4 is 39.1 Å². The zero-order valence-corrected chi connectivity index (χ0v) is 12.5. The number of aromatic amines is 1. The first kappa shape index (κ1) is 13.6. The summed E-state index contributed by atoms with van der Waals surface area (Å²) in [6, 6.07) is 5.15. The highest BCUT2D eigenvalue weighted by atomic mass is 79.9. The number of nitrogens with zero attached hydrogens (tertiary/aromatic N) is 1. The van der Waals surface area contributed by atoms with Crippen LogP contribution in [-0.4, -0.2) is 9.97 Å². The number of aryl methyl sites for hydroxylation is 1. The lowest BCUT2D eigenvalue weighted by Gasteiger charge is -2.08. The molecule has 6 heteroatoms. The van der Waals surface area contributed by atoms with Gasteiger partial charge in [-0.25, -0.2) is 4.98 Å². The van der Waals surface area contributed by atoms with E-state index in [4.69, 9.17) is 23.2 Å². The summed E-state index contributed by atoms with van der Waals surface area (Å²) in [6.07, 6.45) is 0.638. The maximum atomic E-state index is 11.8. The first-order valence-corrected chi connectivity index (χ1v) is 6.82. The monoisotopic (exact) mass is 346 g/mol. The van der Waals surface area contributed by atoms with Crippen molar-refractivity contribution in [3.63, 3.8) is 0 Å². The third kappa shape index (κ3) is 2.46. The fraction of sp³-hybridized carbons (Fsp3) is 0.167. The van der Waals surface area contributed by atoms with Gasteiger partial charge in [0.25, 0.3) is 5.56 Å². The summed E-state index contributed by atoms with van der Waals surface area (Å²) in [4.78, 5) is 18.8. The van der Waals surface area contributed by atoms with Crippen molar-refractivity contribution in [3.05, 3.63) is 48.8 Å². The van der Waals surface area contributed by atoms with Gasteiger partial charge >= 0.3 is 0 Å². The van der Waals surface area contributed by atoms with Crippen LogP contribution >= 0.6 is 39.1 Å². The molecule has 0 aliphatic carbocycles. The molecule has 2 aromatic rings. The van der Waals surface area contributed by atoms with Gasteiger partial charge in [-0.05, 0) is 34.5 Å². The molecule has 0 aliphatic heterocycles. The second-order valence-corrected chi connectivity index (χ2v) is 5.23. The molecular formula is C12H9BrCl2N2O. The minimum Gasteiger partial charge on any atom is -0.305 e. The van der Waals surface area contributed by atoms with E-state index in [0.29, 0.717) is 38.0 Å². The van der Waals surface area contributed by atoms with Crippen LogP contribution in [0.15, 0.2) is 27.5 Å². The van der Waals surface area contributed by atoms with Gasteiger partial charge in [-0.3, -0.25) is 4.79 Å². The minimum absolute atomic E-state index is 0.243. The lowest BCUT2D eigenvalue weighted by Crippen LogP contribution is -2.13. The Bertz CT molecular complexity index is 635. The Hall–Kier alpha value is -0.840. The fourth-order valence-electron chi connectivity index (χ4n) is 1.58. The Morgan fingerprint density at radius 3 is 2.50 bits per heavy atom. The number of halogens is 3. The number of rotatable bonds is 2. The number of hydrogen-bond donors (Lipinski definition) is 1. The molecule has 1 N–H and O–H groups in total. The van der Waals surface area contributed by atoms with Crippen molar-refractivity contribution in [2.75, 3.05) is 0 Å². The fourth-order valence-corrected chi connectivity index (χ4v) is 2.63. The standard InChI is InChI=1S/C12H9BrCl2N2O/c1-2-8-10(13)12(18)17-11(16-8)9-6(14)4-3-5-7(9)15/h3-5H,2H2,1H3,(H,16,17,18). The van der Waals surface area contributed by atoms with Crippen LogP contribution in [0.3, 0.4) is 0 Å². The average molecular weight is 348 g/mol. The quantitative estimate of drug-likeness (QED) is 0.890. The van der Waals surface area contributed by atoms with Crippen LogP contribution in [0, 0.1) is 0 Å². The predicted octanol–water partition coefficient (Wildman–Crippen LogP) is 4.07. The number of nitrogens with one attached hydrogen (secondary N) is 1. The number of hydrogen-bond acceptors (Lipinski definition) is 2. The van der Waals surface area contributed by atoms with Crippen molar-refractivity contribution in [1.82, 2.24) is 9.97 Å². The van der Waals surface area contributed by atoms with Gasteiger partial charge in [-0.2, -0.15) is 0 Å². The smallest absolute Gasteiger partial charge is 0.265 e. The minimum atomic E-state index is -0.243. The van der Waals surface area contributed by atoms with Gasteiger partial charge in [0, 0.05) is 0 Å². The summed E-state index contributed by atoms with van der Waals surface area (Å²) in [5, 5.41) is 0.907. The summed E-state index contributed by atoms with van der Waals surface area (Å²) in [5.74, 6) is 0.385. The molecule has 0 amide bonds. The zero-order chi connectivity index (χ0) is 13.3. The van der Waals surface area contributed by atoms with Gasteiger partial charge in [0.2, 0.25) is 0 Å². The van der Waals surface area contributed by atoms with Crippen molar-refractivity contribution in [3.8, 4) is 11.4 Å². The molecule has 94 valence electrons. The maximum Gasteiger partial charge on any atom is 0.265 e. The zero-order valence-electron chi connectivity index (χ0n) is 9.43. The van der Waals surface area contributed by atoms with E-state index in [1.165, 1.54) is 0 Å². The van der Waals surface area contributed by atoms with Gasteiger partial charge in [-0.1, -0.05) is 36.2 Å². The Kier molecular flexibility index (Phi) is 4.10. The van der Waals surface area contributed by atoms with E-state index in [9.17, 15) is 4.79 Å². The lowest BCUT2D eigenvalue weighted by atomic mass is 10.2. The van der Waals surface area contributed by atoms with Gasteiger partial charge in [0.05, 0.1) is 21.3 Å². The van der Waals surface area contributed by atoms with Gasteiger partial charge in [0.15, 0.2) is 0 Å². The summed E-state index contributed by atoms with van der Waals surface area (Å²) < 4.78 is 0.442. The molecule has 1 aromatic carbocycles. The van der Waals surface area contributed by atoms with Crippen molar-refractivity contribution in [2.24, 2.45) is 0 Å². The van der Waals surface area contributed by atoms with Crippen molar-refractivity contribution < 1.29 is 0 Å². The first-order chi connectivity index (χ1) is 8.54. The van der Waals surface area contributed by atoms with E-state index in [1.54, 1.807) is 18.2 Å². The van der Waals surface area contributed by atoms with E-state index < -0.39 is 0 Å². The van der Waals surface area contributed by atoms with Crippen molar-refractivity contribution in [1.29, 1.82) is 0 Å². The van der Waals surface area contributed by atoms with Crippen LogP contribution in [0.2, 0.25) is 10.0 Å². The van der Waals surface area contributed by atoms with Crippen molar-refractivity contribution in [2.45, 2.75) is 13.3 Å². The van der Waals surface area contributed by atoms with Crippen LogP contribution in [-0.2, 0) is 6.42 Å². The van der Waals surface area contributed by atoms with E-state index >= 15 is 0 Å². The Morgan fingerprint density at radius 2 is 1.94 bits per heavy atom. The second-order valence-electron chi connectivity index (χ2n) is 3.63. The first-order valence-electron chi connectivity index (χ1n) is 5.27. The van der Waals surface area contributed by atoms with E-state index in [-0.39, 0.29) is 5.56 Å². The average Bonchev–Trinajstić information content (AvgIpc) is 2.33. The van der Waals surface area contributed by atoms with Crippen LogP contribution < -0.4 is 5.56 Å². The topological polar surface area (TPSA) is 45.8 Å². The molecule has 0 saturated heterocycles. The molecule has 0 spiro atoms. The third-order valence-electron chi connectivity index (χ3n) is 2.47. The van der Waals surface area contributed by atoms with Crippen LogP contribution in [0.25, 0.3) is 11.4 Å². The van der Waals surface area contributed by atoms with E-state index in [2.05, 4.69) is 25.9 Å². The molecule has 1 aromatic heterocycles.